The van der Waals surface area contributed by atoms with Gasteiger partial charge in [-0.2, -0.15) is 8.75 Å². The summed E-state index contributed by atoms with van der Waals surface area (Å²) in [5, 5.41) is 16.8. The van der Waals surface area contributed by atoms with Gasteiger partial charge in [0.2, 0.25) is 0 Å². The topological polar surface area (TPSA) is 104 Å². The lowest BCUT2D eigenvalue weighted by Gasteiger charge is -2.44. The molecule has 4 heterocycles. The van der Waals surface area contributed by atoms with E-state index >= 15 is 0 Å². The Morgan fingerprint density at radius 1 is 1.10 bits per heavy atom. The molecule has 0 aliphatic carbocycles. The van der Waals surface area contributed by atoms with Gasteiger partial charge >= 0.3 is 11.9 Å². The molecule has 0 spiro atoms. The SMILES string of the molecule is O=C(O)/C=C/C(=O)O.c1ccc(CCCSc2nsnc2C2CN3CCC2CC3)cc1. The molecule has 3 aliphatic rings. The number of fused-ring (bicyclic) bond motifs is 3. The molecule has 1 unspecified atom stereocenters. The molecular formula is C22H27N3O4S2. The average Bonchev–Trinajstić information content (AvgIpc) is 3.26. The summed E-state index contributed by atoms with van der Waals surface area (Å²) in [6.07, 6.45) is 6.16. The second kappa shape index (κ2) is 12.0. The zero-order valence-corrected chi connectivity index (χ0v) is 18.9. The van der Waals surface area contributed by atoms with Gasteiger partial charge < -0.3 is 15.1 Å². The molecule has 9 heteroatoms. The molecule has 0 radical (unpaired) electrons. The van der Waals surface area contributed by atoms with Gasteiger partial charge in [0.25, 0.3) is 0 Å². The van der Waals surface area contributed by atoms with Gasteiger partial charge in [0, 0.05) is 24.6 Å². The summed E-state index contributed by atoms with van der Waals surface area (Å²) < 4.78 is 9.27. The fourth-order valence-corrected chi connectivity index (χ4v) is 5.73. The molecule has 166 valence electrons. The van der Waals surface area contributed by atoms with Gasteiger partial charge in [0.15, 0.2) is 0 Å². The molecule has 1 aromatic heterocycles. The van der Waals surface area contributed by atoms with E-state index in [2.05, 4.69) is 44.0 Å². The zero-order chi connectivity index (χ0) is 22.1. The Balaban J connectivity index is 0.000000293. The van der Waals surface area contributed by atoms with Crippen molar-refractivity contribution in [3.63, 3.8) is 0 Å². The average molecular weight is 462 g/mol. The molecule has 7 nitrogen and oxygen atoms in total. The molecule has 0 saturated carbocycles. The summed E-state index contributed by atoms with van der Waals surface area (Å²) in [4.78, 5) is 21.7. The number of piperidine rings is 3. The minimum Gasteiger partial charge on any atom is -0.478 e. The summed E-state index contributed by atoms with van der Waals surface area (Å²) in [6.45, 7) is 3.78. The van der Waals surface area contributed by atoms with Gasteiger partial charge in [-0.3, -0.25) is 0 Å². The van der Waals surface area contributed by atoms with Crippen LogP contribution in [0, 0.1) is 5.92 Å². The van der Waals surface area contributed by atoms with E-state index in [1.807, 2.05) is 11.8 Å². The van der Waals surface area contributed by atoms with Crippen LogP contribution in [-0.4, -0.2) is 61.2 Å². The molecule has 2 N–H and O–H groups in total. The maximum Gasteiger partial charge on any atom is 0.328 e. The number of aliphatic carboxylic acids is 2. The van der Waals surface area contributed by atoms with Crippen LogP contribution in [0.4, 0.5) is 0 Å². The van der Waals surface area contributed by atoms with E-state index in [1.165, 1.54) is 66.9 Å². The number of carboxylic acid groups (broad SMARTS) is 2. The first-order chi connectivity index (χ1) is 15.0. The highest BCUT2D eigenvalue weighted by molar-refractivity contribution is 7.99. The van der Waals surface area contributed by atoms with E-state index in [4.69, 9.17) is 10.2 Å². The molecule has 31 heavy (non-hydrogen) atoms. The van der Waals surface area contributed by atoms with Gasteiger partial charge in [-0.05, 0) is 56.0 Å². The Bertz CT molecular complexity index is 864. The highest BCUT2D eigenvalue weighted by Crippen LogP contribution is 2.41. The number of carboxylic acids is 2. The molecule has 5 rings (SSSR count). The lowest BCUT2D eigenvalue weighted by Crippen LogP contribution is -2.46. The maximum absolute atomic E-state index is 9.55. The smallest absolute Gasteiger partial charge is 0.328 e. The largest absolute Gasteiger partial charge is 0.478 e. The number of hydrogen-bond donors (Lipinski definition) is 2. The van der Waals surface area contributed by atoms with Crippen molar-refractivity contribution in [1.82, 2.24) is 13.6 Å². The van der Waals surface area contributed by atoms with Crippen LogP contribution in [0.25, 0.3) is 0 Å². The van der Waals surface area contributed by atoms with Crippen LogP contribution in [0.1, 0.15) is 36.4 Å². The summed E-state index contributed by atoms with van der Waals surface area (Å²) in [5.41, 5.74) is 2.73. The van der Waals surface area contributed by atoms with Crippen LogP contribution >= 0.6 is 23.5 Å². The number of carbonyl (C=O) groups is 2. The Morgan fingerprint density at radius 3 is 2.35 bits per heavy atom. The van der Waals surface area contributed by atoms with Crippen molar-refractivity contribution in [3.05, 3.63) is 53.7 Å². The molecule has 0 amide bonds. The number of rotatable bonds is 8. The van der Waals surface area contributed by atoms with Gasteiger partial charge in [-0.25, -0.2) is 9.59 Å². The van der Waals surface area contributed by atoms with E-state index in [1.54, 1.807) is 0 Å². The summed E-state index contributed by atoms with van der Waals surface area (Å²) in [6, 6.07) is 10.8. The number of aromatic nitrogens is 2. The van der Waals surface area contributed by atoms with Gasteiger partial charge in [-0.15, -0.1) is 11.8 Å². The van der Waals surface area contributed by atoms with Crippen molar-refractivity contribution in [2.45, 2.75) is 36.6 Å². The first-order valence-corrected chi connectivity index (χ1v) is 12.1. The zero-order valence-electron chi connectivity index (χ0n) is 17.2. The van der Waals surface area contributed by atoms with E-state index in [0.29, 0.717) is 18.1 Å². The number of thioether (sulfide) groups is 1. The van der Waals surface area contributed by atoms with Crippen LogP contribution in [0.2, 0.25) is 0 Å². The first-order valence-electron chi connectivity index (χ1n) is 10.4. The quantitative estimate of drug-likeness (QED) is 0.348. The lowest BCUT2D eigenvalue weighted by atomic mass is 9.78. The molecule has 1 aromatic carbocycles. The Kier molecular flexibility index (Phi) is 9.05. The second-order valence-corrected chi connectivity index (χ2v) is 9.26. The van der Waals surface area contributed by atoms with Crippen molar-refractivity contribution >= 4 is 35.4 Å². The molecule has 3 saturated heterocycles. The predicted molar refractivity (Wildman–Crippen MR) is 122 cm³/mol. The van der Waals surface area contributed by atoms with Crippen molar-refractivity contribution < 1.29 is 19.8 Å². The Morgan fingerprint density at radius 2 is 1.77 bits per heavy atom. The summed E-state index contributed by atoms with van der Waals surface area (Å²) in [7, 11) is 0. The number of benzene rings is 1. The monoisotopic (exact) mass is 461 g/mol. The lowest BCUT2D eigenvalue weighted by molar-refractivity contribution is -0.134. The van der Waals surface area contributed by atoms with E-state index < -0.39 is 11.9 Å². The third-order valence-corrected chi connectivity index (χ3v) is 7.27. The van der Waals surface area contributed by atoms with Crippen LogP contribution in [0.15, 0.2) is 47.5 Å². The standard InChI is InChI=1S/C18H23N3S2.C4H4O4/c1-2-5-14(6-3-1)7-4-12-22-18-17(19-23-20-18)16-13-21-10-8-15(16)9-11-21;5-3(6)1-2-4(7)8/h1-3,5-6,15-16H,4,7-13H2;1-2H,(H,5,6)(H,7,8)/b;2-1+. The van der Waals surface area contributed by atoms with E-state index in [9.17, 15) is 9.59 Å². The molecule has 1 atom stereocenters. The van der Waals surface area contributed by atoms with Crippen molar-refractivity contribution in [2.75, 3.05) is 25.4 Å². The highest BCUT2D eigenvalue weighted by atomic mass is 32.2. The molecule has 3 aliphatic heterocycles. The third kappa shape index (κ3) is 7.45. The molecule has 3 fully saturated rings. The van der Waals surface area contributed by atoms with Crippen LogP contribution < -0.4 is 0 Å². The third-order valence-electron chi connectivity index (χ3n) is 5.55. The minimum atomic E-state index is -1.26. The summed E-state index contributed by atoms with van der Waals surface area (Å²) >= 11 is 3.31. The summed E-state index contributed by atoms with van der Waals surface area (Å²) in [5.74, 6) is 0.0919. The fraction of sp³-hybridized carbons (Fsp3) is 0.455. The van der Waals surface area contributed by atoms with Gasteiger partial charge in [0.05, 0.1) is 17.4 Å². The van der Waals surface area contributed by atoms with Crippen molar-refractivity contribution in [1.29, 1.82) is 0 Å². The number of nitrogens with zero attached hydrogens (tertiary/aromatic N) is 3. The van der Waals surface area contributed by atoms with Crippen LogP contribution in [-0.2, 0) is 16.0 Å². The van der Waals surface area contributed by atoms with E-state index in [-0.39, 0.29) is 0 Å². The van der Waals surface area contributed by atoms with Crippen LogP contribution in [0.3, 0.4) is 0 Å². The normalized spacial score (nSPS) is 22.1. The molecule has 2 bridgehead atoms. The molecule has 2 aromatic rings. The number of aryl methyl sites for hydroxylation is 1. The van der Waals surface area contributed by atoms with Crippen LogP contribution in [0.5, 0.6) is 0 Å². The van der Waals surface area contributed by atoms with E-state index in [0.717, 1.165) is 18.1 Å². The maximum atomic E-state index is 9.55. The highest BCUT2D eigenvalue weighted by Gasteiger charge is 2.37. The van der Waals surface area contributed by atoms with Crippen molar-refractivity contribution in [2.24, 2.45) is 5.92 Å². The molecular weight excluding hydrogens is 434 g/mol. The number of hydrogen-bond acceptors (Lipinski definition) is 7. The van der Waals surface area contributed by atoms with Crippen molar-refractivity contribution in [3.8, 4) is 0 Å². The second-order valence-electron chi connectivity index (χ2n) is 7.65. The Labute approximate surface area is 190 Å². The van der Waals surface area contributed by atoms with Gasteiger partial charge in [0.1, 0.15) is 5.03 Å². The van der Waals surface area contributed by atoms with Gasteiger partial charge in [-0.1, -0.05) is 30.3 Å². The minimum absolute atomic E-state index is 0.558. The fourth-order valence-electron chi connectivity index (χ4n) is 4.02. The Hall–Kier alpha value is -2.23. The predicted octanol–water partition coefficient (Wildman–Crippen LogP) is 3.78. The first kappa shape index (κ1) is 23.4.